The Kier molecular flexibility index (Phi) is 5.81. The lowest BCUT2D eigenvalue weighted by atomic mass is 10.0. The summed E-state index contributed by atoms with van der Waals surface area (Å²) in [7, 11) is 4.11. The topological polar surface area (TPSA) is 66.3 Å². The van der Waals surface area contributed by atoms with Crippen LogP contribution in [0.4, 0.5) is 0 Å². The van der Waals surface area contributed by atoms with Gasteiger partial charge in [0, 0.05) is 64.9 Å². The first-order chi connectivity index (χ1) is 19.0. The van der Waals surface area contributed by atoms with Crippen molar-refractivity contribution in [2.75, 3.05) is 0 Å². The van der Waals surface area contributed by atoms with Gasteiger partial charge in [-0.05, 0) is 43.0 Å². The number of pyridine rings is 1. The highest BCUT2D eigenvalue weighted by atomic mass is 32.2. The van der Waals surface area contributed by atoms with Gasteiger partial charge in [-0.15, -0.1) is 11.8 Å². The van der Waals surface area contributed by atoms with Crippen LogP contribution < -0.4 is 0 Å². The molecule has 4 aromatic heterocycles. The molecule has 7 nitrogen and oxygen atoms in total. The van der Waals surface area contributed by atoms with E-state index in [1.165, 1.54) is 23.4 Å². The molecule has 1 saturated carbocycles. The van der Waals surface area contributed by atoms with Gasteiger partial charge in [-0.1, -0.05) is 44.2 Å². The second-order valence-corrected chi connectivity index (χ2v) is 11.8. The van der Waals surface area contributed by atoms with Gasteiger partial charge in [-0.25, -0.2) is 9.97 Å². The number of fused-ring (bicyclic) bond motifs is 2. The van der Waals surface area contributed by atoms with Crippen LogP contribution in [-0.2, 0) is 20.0 Å². The highest BCUT2D eigenvalue weighted by molar-refractivity contribution is 7.98. The standard InChI is InChI=1S/C31H31N7S/c1-19(2)27-24(15-21-16-36(3)35-30(21)32-27)31-33-28(29(37(31)4)20-13-14-20)23-11-8-12-26-25(23)17-38(34-26)18-39-22-9-6-5-7-10-22/h5-12,15-17,19-20H,13-14,18H2,1-4H3. The number of thioether (sulfide) groups is 1. The molecule has 8 heteroatoms. The van der Waals surface area contributed by atoms with Crippen LogP contribution >= 0.6 is 11.8 Å². The molecule has 1 aliphatic carbocycles. The first-order valence-electron chi connectivity index (χ1n) is 13.5. The first kappa shape index (κ1) is 24.2. The van der Waals surface area contributed by atoms with Crippen LogP contribution in [-0.4, -0.2) is 34.1 Å². The van der Waals surface area contributed by atoms with Crippen molar-refractivity contribution < 1.29 is 0 Å². The summed E-state index contributed by atoms with van der Waals surface area (Å²) in [5, 5.41) is 11.6. The molecule has 0 saturated heterocycles. The van der Waals surface area contributed by atoms with Crippen LogP contribution in [0.1, 0.15) is 49.9 Å². The second-order valence-electron chi connectivity index (χ2n) is 10.8. The Morgan fingerprint density at radius 2 is 1.74 bits per heavy atom. The average Bonchev–Trinajstić information content (AvgIpc) is 3.41. The Morgan fingerprint density at radius 3 is 2.51 bits per heavy atom. The smallest absolute Gasteiger partial charge is 0.181 e. The molecule has 0 unspecified atom stereocenters. The maximum Gasteiger partial charge on any atom is 0.181 e. The molecule has 6 aromatic rings. The Morgan fingerprint density at radius 1 is 0.923 bits per heavy atom. The summed E-state index contributed by atoms with van der Waals surface area (Å²) in [5.41, 5.74) is 7.43. The van der Waals surface area contributed by atoms with Gasteiger partial charge in [0.1, 0.15) is 5.82 Å². The minimum atomic E-state index is 0.250. The number of aromatic nitrogens is 7. The third kappa shape index (κ3) is 4.33. The second kappa shape index (κ2) is 9.38. The normalized spacial score (nSPS) is 13.8. The van der Waals surface area contributed by atoms with Crippen molar-refractivity contribution in [2.45, 2.75) is 49.3 Å². The molecule has 196 valence electrons. The molecule has 0 amide bonds. The Hall–Kier alpha value is -3.91. The summed E-state index contributed by atoms with van der Waals surface area (Å²) in [6.07, 6.45) is 6.61. The lowest BCUT2D eigenvalue weighted by Crippen LogP contribution is -2.03. The summed E-state index contributed by atoms with van der Waals surface area (Å²) < 4.78 is 6.19. The lowest BCUT2D eigenvalue weighted by Gasteiger charge is -2.12. The summed E-state index contributed by atoms with van der Waals surface area (Å²) in [6, 6.07) is 19.1. The molecule has 0 spiro atoms. The Labute approximate surface area is 231 Å². The number of imidazole rings is 1. The van der Waals surface area contributed by atoms with Crippen molar-refractivity contribution in [1.29, 1.82) is 0 Å². The molecule has 39 heavy (non-hydrogen) atoms. The minimum absolute atomic E-state index is 0.250. The van der Waals surface area contributed by atoms with Crippen molar-refractivity contribution in [3.05, 3.63) is 78.4 Å². The van der Waals surface area contributed by atoms with E-state index >= 15 is 0 Å². The van der Waals surface area contributed by atoms with Crippen molar-refractivity contribution in [3.63, 3.8) is 0 Å². The molecule has 2 aromatic carbocycles. The van der Waals surface area contributed by atoms with E-state index < -0.39 is 0 Å². The van der Waals surface area contributed by atoms with Crippen LogP contribution in [0.15, 0.2) is 71.9 Å². The summed E-state index contributed by atoms with van der Waals surface area (Å²) in [6.45, 7) is 4.38. The van der Waals surface area contributed by atoms with Crippen molar-refractivity contribution in [2.24, 2.45) is 14.1 Å². The zero-order chi connectivity index (χ0) is 26.7. The molecule has 0 atom stereocenters. The van der Waals surface area contributed by atoms with Gasteiger partial charge in [0.2, 0.25) is 0 Å². The summed E-state index contributed by atoms with van der Waals surface area (Å²) in [4.78, 5) is 11.6. The van der Waals surface area contributed by atoms with Crippen LogP contribution in [0.2, 0.25) is 0 Å². The molecule has 1 aliphatic rings. The van der Waals surface area contributed by atoms with E-state index in [1.807, 2.05) is 28.7 Å². The number of aryl methyl sites for hydroxylation is 1. The van der Waals surface area contributed by atoms with Gasteiger partial charge in [-0.3, -0.25) is 9.36 Å². The monoisotopic (exact) mass is 533 g/mol. The average molecular weight is 534 g/mol. The molecule has 0 aliphatic heterocycles. The third-order valence-corrected chi connectivity index (χ3v) is 8.49. The highest BCUT2D eigenvalue weighted by Gasteiger charge is 2.33. The molecular weight excluding hydrogens is 502 g/mol. The van der Waals surface area contributed by atoms with E-state index in [1.54, 1.807) is 11.8 Å². The van der Waals surface area contributed by atoms with Crippen molar-refractivity contribution in [1.82, 2.24) is 34.1 Å². The van der Waals surface area contributed by atoms with Crippen molar-refractivity contribution in [3.8, 4) is 22.6 Å². The van der Waals surface area contributed by atoms with Gasteiger partial charge in [-0.2, -0.15) is 10.2 Å². The largest absolute Gasteiger partial charge is 0.330 e. The van der Waals surface area contributed by atoms with Gasteiger partial charge >= 0.3 is 0 Å². The van der Waals surface area contributed by atoms with Gasteiger partial charge in [0.25, 0.3) is 0 Å². The van der Waals surface area contributed by atoms with Crippen LogP contribution in [0.3, 0.4) is 0 Å². The van der Waals surface area contributed by atoms with Crippen LogP contribution in [0, 0.1) is 0 Å². The fourth-order valence-corrected chi connectivity index (χ4v) is 6.27. The van der Waals surface area contributed by atoms with E-state index in [9.17, 15) is 0 Å². The zero-order valence-corrected chi connectivity index (χ0v) is 23.5. The molecule has 4 heterocycles. The van der Waals surface area contributed by atoms with E-state index in [-0.39, 0.29) is 5.92 Å². The minimum Gasteiger partial charge on any atom is -0.330 e. The van der Waals surface area contributed by atoms with E-state index in [4.69, 9.17) is 15.1 Å². The molecule has 0 N–H and O–H groups in total. The van der Waals surface area contributed by atoms with Crippen LogP contribution in [0.25, 0.3) is 44.6 Å². The van der Waals surface area contributed by atoms with Gasteiger partial charge in [0.15, 0.2) is 5.65 Å². The van der Waals surface area contributed by atoms with Gasteiger partial charge < -0.3 is 4.57 Å². The summed E-state index contributed by atoms with van der Waals surface area (Å²) >= 11 is 1.79. The Balaban J connectivity index is 1.35. The van der Waals surface area contributed by atoms with E-state index in [0.29, 0.717) is 5.92 Å². The molecule has 1 fully saturated rings. The Bertz CT molecular complexity index is 1820. The quantitative estimate of drug-likeness (QED) is 0.204. The maximum atomic E-state index is 5.37. The molecular formula is C31H31N7S. The number of rotatable bonds is 7. The zero-order valence-electron chi connectivity index (χ0n) is 22.7. The lowest BCUT2D eigenvalue weighted by molar-refractivity contribution is 0.762. The van der Waals surface area contributed by atoms with Crippen LogP contribution in [0.5, 0.6) is 0 Å². The number of benzene rings is 2. The van der Waals surface area contributed by atoms with Crippen molar-refractivity contribution >= 4 is 33.7 Å². The van der Waals surface area contributed by atoms with E-state index in [0.717, 1.165) is 56.2 Å². The third-order valence-electron chi connectivity index (χ3n) is 7.49. The predicted molar refractivity (Wildman–Crippen MR) is 158 cm³/mol. The predicted octanol–water partition coefficient (Wildman–Crippen LogP) is 7.14. The fourth-order valence-electron chi connectivity index (χ4n) is 5.50. The molecule has 7 rings (SSSR count). The number of hydrogen-bond donors (Lipinski definition) is 0. The first-order valence-corrected chi connectivity index (χ1v) is 14.5. The highest BCUT2D eigenvalue weighted by Crippen LogP contribution is 2.47. The number of nitrogens with zero attached hydrogens (tertiary/aromatic N) is 7. The fraction of sp³-hybridized carbons (Fsp3) is 0.290. The number of hydrogen-bond acceptors (Lipinski definition) is 5. The SMILES string of the molecule is CC(C)c1nc2nn(C)cc2cc1-c1nc(-c2cccc3nn(CSc4ccccc4)cc23)c(C2CC2)n1C. The summed E-state index contributed by atoms with van der Waals surface area (Å²) in [5.74, 6) is 2.51. The van der Waals surface area contributed by atoms with Gasteiger partial charge in [0.05, 0.1) is 22.8 Å². The molecule has 0 bridgehead atoms. The maximum absolute atomic E-state index is 5.37. The molecule has 0 radical (unpaired) electrons. The van der Waals surface area contributed by atoms with E-state index in [2.05, 4.69) is 85.3 Å².